The second-order valence-electron chi connectivity index (χ2n) is 7.16. The number of rotatable bonds is 9. The second-order valence-corrected chi connectivity index (χ2v) is 7.16. The highest BCUT2D eigenvalue weighted by molar-refractivity contribution is 14.0. The third-order valence-electron chi connectivity index (χ3n) is 5.18. The monoisotopic (exact) mass is 528 g/mol. The molecule has 3 N–H and O–H groups in total. The van der Waals surface area contributed by atoms with Crippen molar-refractivity contribution in [1.82, 2.24) is 15.5 Å². The molecule has 2 heterocycles. The standard InChI is InChI=1S/C22H32N4O3.HI/c1-3-23-22(25-16-20(27)17-8-10-18(28-2)11-9-17)24-15-19(21-7-6-14-29-21)26-12-4-5-13-26;/h6-11,14,19-20,27H,3-5,12-13,15-16H2,1-2H3,(H2,23,24,25);1H. The molecule has 1 aliphatic rings. The average molecular weight is 528 g/mol. The maximum absolute atomic E-state index is 10.5. The molecule has 2 unspecified atom stereocenters. The van der Waals surface area contributed by atoms with Crippen molar-refractivity contribution in [2.75, 3.05) is 39.8 Å². The van der Waals surface area contributed by atoms with Gasteiger partial charge >= 0.3 is 0 Å². The number of ether oxygens (including phenoxy) is 1. The Balaban J connectivity index is 0.00000320. The number of guanidine groups is 1. The van der Waals surface area contributed by atoms with E-state index < -0.39 is 6.10 Å². The summed E-state index contributed by atoms with van der Waals surface area (Å²) in [5.41, 5.74) is 0.833. The minimum absolute atomic E-state index is 0. The molecule has 2 atom stereocenters. The lowest BCUT2D eigenvalue weighted by Gasteiger charge is -2.25. The van der Waals surface area contributed by atoms with Crippen molar-refractivity contribution in [1.29, 1.82) is 0 Å². The van der Waals surface area contributed by atoms with E-state index in [1.54, 1.807) is 13.4 Å². The van der Waals surface area contributed by atoms with Crippen molar-refractivity contribution in [3.05, 3.63) is 54.0 Å². The maximum atomic E-state index is 10.5. The van der Waals surface area contributed by atoms with Crippen molar-refractivity contribution >= 4 is 29.9 Å². The Labute approximate surface area is 195 Å². The summed E-state index contributed by atoms with van der Waals surface area (Å²) < 4.78 is 10.8. The van der Waals surface area contributed by atoms with Gasteiger partial charge in [-0.15, -0.1) is 24.0 Å². The molecule has 0 amide bonds. The molecule has 0 spiro atoms. The van der Waals surface area contributed by atoms with Gasteiger partial charge in [0.15, 0.2) is 5.96 Å². The van der Waals surface area contributed by atoms with Crippen molar-refractivity contribution in [2.45, 2.75) is 31.9 Å². The predicted octanol–water partition coefficient (Wildman–Crippen LogP) is 3.33. The first-order valence-electron chi connectivity index (χ1n) is 10.3. The van der Waals surface area contributed by atoms with E-state index >= 15 is 0 Å². The summed E-state index contributed by atoms with van der Waals surface area (Å²) in [5, 5.41) is 17.0. The Kier molecular flexibility index (Phi) is 10.5. The van der Waals surface area contributed by atoms with Gasteiger partial charge in [0.1, 0.15) is 11.5 Å². The number of furan rings is 1. The number of aliphatic hydroxyl groups excluding tert-OH is 1. The zero-order valence-corrected chi connectivity index (χ0v) is 20.0. The SMILES string of the molecule is CCNC(=NCC(c1ccco1)N1CCCC1)NCC(O)c1ccc(OC)cc1.I. The number of hydrogen-bond donors (Lipinski definition) is 3. The van der Waals surface area contributed by atoms with Crippen LogP contribution < -0.4 is 15.4 Å². The van der Waals surface area contributed by atoms with Gasteiger partial charge in [0, 0.05) is 13.1 Å². The molecule has 1 saturated heterocycles. The Hall–Kier alpha value is -1.78. The number of methoxy groups -OCH3 is 1. The van der Waals surface area contributed by atoms with Crippen LogP contribution in [0.25, 0.3) is 0 Å². The van der Waals surface area contributed by atoms with Gasteiger partial charge in [-0.3, -0.25) is 9.89 Å². The molecule has 166 valence electrons. The Morgan fingerprint density at radius 3 is 2.53 bits per heavy atom. The molecular weight excluding hydrogens is 495 g/mol. The maximum Gasteiger partial charge on any atom is 0.191 e. The third kappa shape index (κ3) is 6.88. The van der Waals surface area contributed by atoms with Gasteiger partial charge in [0.25, 0.3) is 0 Å². The van der Waals surface area contributed by atoms with E-state index in [0.29, 0.717) is 19.0 Å². The Bertz CT molecular complexity index is 746. The summed E-state index contributed by atoms with van der Waals surface area (Å²) in [7, 11) is 1.63. The van der Waals surface area contributed by atoms with Crippen LogP contribution in [0.4, 0.5) is 0 Å². The molecule has 0 aliphatic carbocycles. The van der Waals surface area contributed by atoms with Crippen molar-refractivity contribution < 1.29 is 14.3 Å². The highest BCUT2D eigenvalue weighted by Gasteiger charge is 2.25. The van der Waals surface area contributed by atoms with E-state index in [9.17, 15) is 5.11 Å². The minimum atomic E-state index is -0.635. The fraction of sp³-hybridized carbons (Fsp3) is 0.500. The van der Waals surface area contributed by atoms with E-state index in [0.717, 1.165) is 36.7 Å². The summed E-state index contributed by atoms with van der Waals surface area (Å²) in [5.74, 6) is 2.41. The Morgan fingerprint density at radius 2 is 1.93 bits per heavy atom. The highest BCUT2D eigenvalue weighted by atomic mass is 127. The largest absolute Gasteiger partial charge is 0.497 e. The van der Waals surface area contributed by atoms with Crippen molar-refractivity contribution in [3.63, 3.8) is 0 Å². The highest BCUT2D eigenvalue weighted by Crippen LogP contribution is 2.25. The summed E-state index contributed by atoms with van der Waals surface area (Å²) in [4.78, 5) is 7.20. The van der Waals surface area contributed by atoms with Crippen LogP contribution in [-0.2, 0) is 0 Å². The quantitative estimate of drug-likeness (QED) is 0.263. The molecular formula is C22H33IN4O3. The molecule has 1 aliphatic heterocycles. The molecule has 1 aromatic carbocycles. The van der Waals surface area contributed by atoms with Crippen LogP contribution in [-0.4, -0.2) is 55.8 Å². The summed E-state index contributed by atoms with van der Waals surface area (Å²) in [6, 6.07) is 11.5. The molecule has 0 radical (unpaired) electrons. The molecule has 0 saturated carbocycles. The fourth-order valence-corrected chi connectivity index (χ4v) is 3.58. The van der Waals surface area contributed by atoms with Gasteiger partial charge in [-0.2, -0.15) is 0 Å². The van der Waals surface area contributed by atoms with Gasteiger partial charge in [-0.05, 0) is 62.7 Å². The zero-order valence-electron chi connectivity index (χ0n) is 17.7. The number of hydrogen-bond acceptors (Lipinski definition) is 5. The number of nitrogens with one attached hydrogen (secondary N) is 2. The first-order valence-corrected chi connectivity index (χ1v) is 10.3. The number of likely N-dealkylation sites (tertiary alicyclic amines) is 1. The van der Waals surface area contributed by atoms with Crippen molar-refractivity contribution in [2.24, 2.45) is 4.99 Å². The summed E-state index contributed by atoms with van der Waals surface area (Å²) >= 11 is 0. The number of nitrogens with zero attached hydrogens (tertiary/aromatic N) is 2. The van der Waals surface area contributed by atoms with Crippen LogP contribution in [0.5, 0.6) is 5.75 Å². The number of halogens is 1. The fourth-order valence-electron chi connectivity index (χ4n) is 3.58. The smallest absolute Gasteiger partial charge is 0.191 e. The van der Waals surface area contributed by atoms with Gasteiger partial charge in [0.2, 0.25) is 0 Å². The molecule has 1 fully saturated rings. The number of benzene rings is 1. The van der Waals surface area contributed by atoms with Gasteiger partial charge in [0.05, 0.1) is 32.1 Å². The topological polar surface area (TPSA) is 82.3 Å². The van der Waals surface area contributed by atoms with E-state index in [2.05, 4.69) is 15.5 Å². The van der Waals surface area contributed by atoms with Gasteiger partial charge in [-0.1, -0.05) is 12.1 Å². The second kappa shape index (κ2) is 12.8. The van der Waals surface area contributed by atoms with E-state index in [1.165, 1.54) is 12.8 Å². The zero-order chi connectivity index (χ0) is 20.5. The average Bonchev–Trinajstić information content (AvgIpc) is 3.47. The number of aliphatic imine (C=N–C) groups is 1. The summed E-state index contributed by atoms with van der Waals surface area (Å²) in [6.45, 7) is 5.89. The van der Waals surface area contributed by atoms with E-state index in [1.807, 2.05) is 43.3 Å². The molecule has 1 aromatic heterocycles. The first-order chi connectivity index (χ1) is 14.2. The molecule has 8 heteroatoms. The normalized spacial score (nSPS) is 16.6. The van der Waals surface area contributed by atoms with E-state index in [4.69, 9.17) is 14.1 Å². The predicted molar refractivity (Wildman–Crippen MR) is 130 cm³/mol. The van der Waals surface area contributed by atoms with Gasteiger partial charge in [-0.25, -0.2) is 0 Å². The van der Waals surface area contributed by atoms with Crippen LogP contribution in [0.1, 0.15) is 43.2 Å². The Morgan fingerprint density at radius 1 is 1.20 bits per heavy atom. The lowest BCUT2D eigenvalue weighted by Crippen LogP contribution is -2.40. The minimum Gasteiger partial charge on any atom is -0.497 e. The van der Waals surface area contributed by atoms with Gasteiger partial charge < -0.3 is 24.9 Å². The van der Waals surface area contributed by atoms with E-state index in [-0.39, 0.29) is 30.0 Å². The molecule has 2 aromatic rings. The molecule has 7 nitrogen and oxygen atoms in total. The third-order valence-corrected chi connectivity index (χ3v) is 5.18. The van der Waals surface area contributed by atoms with Crippen LogP contribution in [0.15, 0.2) is 52.1 Å². The first kappa shape index (κ1) is 24.5. The van der Waals surface area contributed by atoms with Crippen LogP contribution in [0.3, 0.4) is 0 Å². The van der Waals surface area contributed by atoms with Crippen LogP contribution in [0.2, 0.25) is 0 Å². The molecule has 0 bridgehead atoms. The lowest BCUT2D eigenvalue weighted by atomic mass is 10.1. The molecule has 30 heavy (non-hydrogen) atoms. The summed E-state index contributed by atoms with van der Waals surface area (Å²) in [6.07, 6.45) is 3.52. The van der Waals surface area contributed by atoms with Crippen molar-refractivity contribution in [3.8, 4) is 5.75 Å². The molecule has 3 rings (SSSR count). The lowest BCUT2D eigenvalue weighted by molar-refractivity contribution is 0.180. The van der Waals surface area contributed by atoms with Crippen LogP contribution >= 0.6 is 24.0 Å². The number of aliphatic hydroxyl groups is 1. The van der Waals surface area contributed by atoms with Crippen LogP contribution in [0, 0.1) is 0 Å².